The molecule has 0 radical (unpaired) electrons. The van der Waals surface area contributed by atoms with Crippen molar-refractivity contribution < 1.29 is 10.2 Å². The van der Waals surface area contributed by atoms with Gasteiger partial charge in [0.15, 0.2) is 0 Å². The second kappa shape index (κ2) is 4.83. The number of allylic oxidation sites excluding steroid dienone is 1. The lowest BCUT2D eigenvalue weighted by molar-refractivity contribution is -0.0730. The van der Waals surface area contributed by atoms with E-state index in [1.807, 2.05) is 0 Å². The van der Waals surface area contributed by atoms with Crippen LogP contribution >= 0.6 is 0 Å². The van der Waals surface area contributed by atoms with Crippen LogP contribution in [0, 0.1) is 28.6 Å². The van der Waals surface area contributed by atoms with Gasteiger partial charge in [0.2, 0.25) is 0 Å². The monoisotopic (exact) mass is 304 g/mol. The number of aliphatic hydroxyl groups is 2. The zero-order valence-corrected chi connectivity index (χ0v) is 14.4. The highest BCUT2D eigenvalue weighted by Gasteiger charge is 2.59. The molecule has 124 valence electrons. The molecule has 3 saturated carbocycles. The molecule has 0 aromatic carbocycles. The van der Waals surface area contributed by atoms with Crippen molar-refractivity contribution in [3.63, 3.8) is 0 Å². The number of aliphatic hydroxyl groups excluding tert-OH is 2. The van der Waals surface area contributed by atoms with Crippen LogP contribution in [-0.2, 0) is 0 Å². The third-order valence-electron chi connectivity index (χ3n) is 8.39. The minimum atomic E-state index is -0.114. The fraction of sp³-hybridized carbons (Fsp3) is 0.900. The molecular weight excluding hydrogens is 272 g/mol. The summed E-state index contributed by atoms with van der Waals surface area (Å²) < 4.78 is 0. The van der Waals surface area contributed by atoms with Crippen molar-refractivity contribution in [3.8, 4) is 0 Å². The standard InChI is InChI=1S/C20H32O2/c1-12-10-14-15-4-5-18(22)20(15,3)9-7-16(14)19(2)8-6-13(21)11-17(12)19/h13-16,18,21-22H,4-11H2,1-3H3/t13-,14-,15-,16-,18-,19+,20-/m0/s1. The Labute approximate surface area is 135 Å². The highest BCUT2D eigenvalue weighted by molar-refractivity contribution is 5.30. The Hall–Kier alpha value is -0.340. The molecule has 0 amide bonds. The summed E-state index contributed by atoms with van der Waals surface area (Å²) in [4.78, 5) is 0. The number of hydrogen-bond donors (Lipinski definition) is 2. The predicted molar refractivity (Wildman–Crippen MR) is 88.3 cm³/mol. The largest absolute Gasteiger partial charge is 0.393 e. The fourth-order valence-electron chi connectivity index (χ4n) is 7.07. The first-order chi connectivity index (χ1) is 10.4. The van der Waals surface area contributed by atoms with Crippen molar-refractivity contribution in [3.05, 3.63) is 11.1 Å². The van der Waals surface area contributed by atoms with Crippen molar-refractivity contribution in [1.29, 1.82) is 0 Å². The van der Waals surface area contributed by atoms with Crippen molar-refractivity contribution in [2.75, 3.05) is 0 Å². The Bertz CT molecular complexity index is 510. The van der Waals surface area contributed by atoms with E-state index in [9.17, 15) is 10.2 Å². The first-order valence-corrected chi connectivity index (χ1v) is 9.41. The van der Waals surface area contributed by atoms with Gasteiger partial charge in [0, 0.05) is 0 Å². The van der Waals surface area contributed by atoms with E-state index >= 15 is 0 Å². The Kier molecular flexibility index (Phi) is 3.34. The molecule has 0 saturated heterocycles. The van der Waals surface area contributed by atoms with Gasteiger partial charge in [0.25, 0.3) is 0 Å². The topological polar surface area (TPSA) is 40.5 Å². The van der Waals surface area contributed by atoms with Gasteiger partial charge in [-0.1, -0.05) is 25.0 Å². The lowest BCUT2D eigenvalue weighted by Gasteiger charge is -2.58. The van der Waals surface area contributed by atoms with Gasteiger partial charge in [-0.2, -0.15) is 0 Å². The Morgan fingerprint density at radius 3 is 2.45 bits per heavy atom. The van der Waals surface area contributed by atoms with Crippen LogP contribution < -0.4 is 0 Å². The van der Waals surface area contributed by atoms with Gasteiger partial charge in [-0.25, -0.2) is 0 Å². The summed E-state index contributed by atoms with van der Waals surface area (Å²) in [6.45, 7) is 7.16. The average molecular weight is 304 g/mol. The second-order valence-corrected chi connectivity index (χ2v) is 9.29. The van der Waals surface area contributed by atoms with E-state index in [1.165, 1.54) is 25.7 Å². The minimum absolute atomic E-state index is 0.0786. The first kappa shape index (κ1) is 15.2. The molecule has 2 nitrogen and oxygen atoms in total. The van der Waals surface area contributed by atoms with Gasteiger partial charge in [-0.3, -0.25) is 0 Å². The molecule has 3 fully saturated rings. The molecule has 22 heavy (non-hydrogen) atoms. The highest BCUT2D eigenvalue weighted by Crippen LogP contribution is 2.65. The van der Waals surface area contributed by atoms with Crippen LogP contribution in [-0.4, -0.2) is 22.4 Å². The quantitative estimate of drug-likeness (QED) is 0.663. The van der Waals surface area contributed by atoms with Crippen molar-refractivity contribution in [2.45, 2.75) is 84.3 Å². The Morgan fingerprint density at radius 1 is 0.909 bits per heavy atom. The van der Waals surface area contributed by atoms with Crippen LogP contribution in [0.3, 0.4) is 0 Å². The van der Waals surface area contributed by atoms with Crippen molar-refractivity contribution >= 4 is 0 Å². The minimum Gasteiger partial charge on any atom is -0.393 e. The molecule has 0 unspecified atom stereocenters. The van der Waals surface area contributed by atoms with Crippen LogP contribution in [0.25, 0.3) is 0 Å². The summed E-state index contributed by atoms with van der Waals surface area (Å²) in [5.74, 6) is 2.25. The molecule has 2 heteroatoms. The van der Waals surface area contributed by atoms with E-state index in [-0.39, 0.29) is 17.6 Å². The smallest absolute Gasteiger partial charge is 0.0596 e. The lowest BCUT2D eigenvalue weighted by atomic mass is 9.47. The summed E-state index contributed by atoms with van der Waals surface area (Å²) >= 11 is 0. The summed E-state index contributed by atoms with van der Waals surface area (Å²) in [6.07, 6.45) is 8.78. The molecule has 0 bridgehead atoms. The van der Waals surface area contributed by atoms with Gasteiger partial charge < -0.3 is 10.2 Å². The highest BCUT2D eigenvalue weighted by atomic mass is 16.3. The zero-order chi connectivity index (χ0) is 15.7. The third kappa shape index (κ3) is 1.86. The second-order valence-electron chi connectivity index (χ2n) is 9.29. The van der Waals surface area contributed by atoms with E-state index in [0.29, 0.717) is 11.3 Å². The van der Waals surface area contributed by atoms with Crippen LogP contribution in [0.1, 0.15) is 72.1 Å². The molecule has 4 rings (SSSR count). The molecule has 0 aliphatic heterocycles. The fourth-order valence-corrected chi connectivity index (χ4v) is 7.07. The maximum atomic E-state index is 10.5. The third-order valence-corrected chi connectivity index (χ3v) is 8.39. The molecule has 0 spiro atoms. The van der Waals surface area contributed by atoms with Crippen LogP contribution in [0.4, 0.5) is 0 Å². The first-order valence-electron chi connectivity index (χ1n) is 9.41. The van der Waals surface area contributed by atoms with Crippen molar-refractivity contribution in [1.82, 2.24) is 0 Å². The molecule has 7 atom stereocenters. The van der Waals surface area contributed by atoms with E-state index in [4.69, 9.17) is 0 Å². The van der Waals surface area contributed by atoms with E-state index in [1.54, 1.807) is 11.1 Å². The van der Waals surface area contributed by atoms with Gasteiger partial charge in [0.05, 0.1) is 12.2 Å². The Balaban J connectivity index is 1.73. The number of hydrogen-bond acceptors (Lipinski definition) is 2. The molecule has 4 aliphatic rings. The van der Waals surface area contributed by atoms with Crippen LogP contribution in [0.15, 0.2) is 11.1 Å². The van der Waals surface area contributed by atoms with E-state index < -0.39 is 0 Å². The number of fused-ring (bicyclic) bond motifs is 5. The summed E-state index contributed by atoms with van der Waals surface area (Å²) in [6, 6.07) is 0. The molecule has 0 heterocycles. The van der Waals surface area contributed by atoms with Crippen LogP contribution in [0.5, 0.6) is 0 Å². The predicted octanol–water partition coefficient (Wildman–Crippen LogP) is 4.06. The van der Waals surface area contributed by atoms with Gasteiger partial charge in [-0.15, -0.1) is 0 Å². The zero-order valence-electron chi connectivity index (χ0n) is 14.4. The van der Waals surface area contributed by atoms with E-state index in [0.717, 1.165) is 37.5 Å². The van der Waals surface area contributed by atoms with E-state index in [2.05, 4.69) is 20.8 Å². The molecule has 0 aromatic heterocycles. The average Bonchev–Trinajstić information content (AvgIpc) is 2.77. The maximum absolute atomic E-state index is 10.5. The van der Waals surface area contributed by atoms with Crippen LogP contribution in [0.2, 0.25) is 0 Å². The molecule has 2 N–H and O–H groups in total. The summed E-state index contributed by atoms with van der Waals surface area (Å²) in [7, 11) is 0. The van der Waals surface area contributed by atoms with Gasteiger partial charge in [0.1, 0.15) is 0 Å². The molecule has 4 aliphatic carbocycles. The number of rotatable bonds is 0. The normalized spacial score (nSPS) is 54.7. The lowest BCUT2D eigenvalue weighted by Crippen LogP contribution is -2.51. The van der Waals surface area contributed by atoms with Gasteiger partial charge in [-0.05, 0) is 86.9 Å². The summed E-state index contributed by atoms with van der Waals surface area (Å²) in [5, 5.41) is 20.7. The maximum Gasteiger partial charge on any atom is 0.0596 e. The molecule has 0 aromatic rings. The van der Waals surface area contributed by atoms with Gasteiger partial charge >= 0.3 is 0 Å². The Morgan fingerprint density at radius 2 is 1.68 bits per heavy atom. The van der Waals surface area contributed by atoms with Crippen molar-refractivity contribution in [2.24, 2.45) is 28.6 Å². The SMILES string of the molecule is CC1=C2C[C@@H](O)CC[C@]2(C)[C@H]2CC[C@]3(C)[C@@H](O)CC[C@H]3[C@@H]2C1. The molecular formula is C20H32O2. The summed E-state index contributed by atoms with van der Waals surface area (Å²) in [5.41, 5.74) is 3.65.